The van der Waals surface area contributed by atoms with E-state index in [2.05, 4.69) is 29.8 Å². The Hall–Kier alpha value is -2.42. The monoisotopic (exact) mass is 479 g/mol. The molecular weight excluding hydrogens is 450 g/mol. The van der Waals surface area contributed by atoms with Crippen LogP contribution in [-0.2, 0) is 15.1 Å². The Morgan fingerprint density at radius 3 is 2.25 bits per heavy atom. The topological polar surface area (TPSA) is 96.5 Å². The molecule has 1 heterocycles. The zero-order chi connectivity index (χ0) is 23.9. The number of thiophene rings is 1. The van der Waals surface area contributed by atoms with Gasteiger partial charge in [-0.25, -0.2) is 4.79 Å². The number of rotatable bonds is 10. The van der Waals surface area contributed by atoms with Crippen molar-refractivity contribution >= 4 is 45.7 Å². The van der Waals surface area contributed by atoms with Crippen LogP contribution in [0.2, 0.25) is 5.02 Å². The van der Waals surface area contributed by atoms with Crippen molar-refractivity contribution in [3.63, 3.8) is 0 Å². The molecule has 2 aromatic rings. The number of ether oxygens (including phenoxy) is 1. The van der Waals surface area contributed by atoms with Crippen molar-refractivity contribution in [2.75, 3.05) is 25.5 Å². The molecule has 0 fully saturated rings. The van der Waals surface area contributed by atoms with E-state index in [0.717, 1.165) is 29.7 Å². The predicted molar refractivity (Wildman–Crippen MR) is 129 cm³/mol. The Kier molecular flexibility index (Phi) is 9.24. The summed E-state index contributed by atoms with van der Waals surface area (Å²) in [5.74, 6) is -1.21. The van der Waals surface area contributed by atoms with Gasteiger partial charge in [0.1, 0.15) is 5.00 Å². The molecule has 2 amide bonds. The van der Waals surface area contributed by atoms with Gasteiger partial charge >= 0.3 is 5.97 Å². The van der Waals surface area contributed by atoms with Gasteiger partial charge in [0.25, 0.3) is 5.91 Å². The van der Waals surface area contributed by atoms with E-state index in [0.29, 0.717) is 20.5 Å². The van der Waals surface area contributed by atoms with Gasteiger partial charge in [-0.3, -0.25) is 14.9 Å². The van der Waals surface area contributed by atoms with E-state index in [-0.39, 0.29) is 30.5 Å². The van der Waals surface area contributed by atoms with Gasteiger partial charge in [-0.15, -0.1) is 11.3 Å². The van der Waals surface area contributed by atoms with Crippen molar-refractivity contribution in [2.45, 2.75) is 46.1 Å². The Labute approximate surface area is 197 Å². The number of nitrogens with one attached hydrogen (secondary N) is 3. The van der Waals surface area contributed by atoms with Gasteiger partial charge < -0.3 is 15.4 Å². The number of halogens is 1. The van der Waals surface area contributed by atoms with Crippen molar-refractivity contribution < 1.29 is 19.1 Å². The Morgan fingerprint density at radius 2 is 1.72 bits per heavy atom. The van der Waals surface area contributed by atoms with E-state index >= 15 is 0 Å². The molecule has 2 rings (SSSR count). The lowest BCUT2D eigenvalue weighted by Crippen LogP contribution is -2.45. The molecule has 1 aromatic heterocycles. The summed E-state index contributed by atoms with van der Waals surface area (Å²) in [5, 5.41) is 9.67. The quantitative estimate of drug-likeness (QED) is 0.436. The number of amides is 2. The van der Waals surface area contributed by atoms with Crippen molar-refractivity contribution in [3.05, 3.63) is 50.9 Å². The van der Waals surface area contributed by atoms with Crippen molar-refractivity contribution in [3.8, 4) is 0 Å². The first kappa shape index (κ1) is 25.8. The van der Waals surface area contributed by atoms with Crippen LogP contribution in [0, 0.1) is 6.92 Å². The molecular formula is C23H30ClN3O4S. The van der Waals surface area contributed by atoms with Crippen LogP contribution in [0.5, 0.6) is 0 Å². The molecule has 0 aliphatic rings. The summed E-state index contributed by atoms with van der Waals surface area (Å²) in [6, 6.07) is 7.58. The SMILES string of the molecule is CCOC(=O)c1c(NC(=O)CNC(CC)(CC)c2ccc(Cl)cc2)sc(C(=O)NC)c1C. The summed E-state index contributed by atoms with van der Waals surface area (Å²) in [6.07, 6.45) is 1.54. The first-order valence-electron chi connectivity index (χ1n) is 10.6. The van der Waals surface area contributed by atoms with Crippen LogP contribution in [0.25, 0.3) is 0 Å². The maximum absolute atomic E-state index is 12.8. The van der Waals surface area contributed by atoms with E-state index in [1.54, 1.807) is 13.8 Å². The Morgan fingerprint density at radius 1 is 1.09 bits per heavy atom. The second-order valence-corrected chi connectivity index (χ2v) is 8.71. The third-order valence-electron chi connectivity index (χ3n) is 5.50. The lowest BCUT2D eigenvalue weighted by molar-refractivity contribution is -0.115. The molecule has 0 atom stereocenters. The van der Waals surface area contributed by atoms with E-state index in [1.165, 1.54) is 7.05 Å². The average Bonchev–Trinajstić information content (AvgIpc) is 3.11. The average molecular weight is 480 g/mol. The second-order valence-electron chi connectivity index (χ2n) is 7.26. The third kappa shape index (κ3) is 5.68. The van der Waals surface area contributed by atoms with E-state index < -0.39 is 11.5 Å². The van der Waals surface area contributed by atoms with E-state index in [4.69, 9.17) is 16.3 Å². The van der Waals surface area contributed by atoms with Gasteiger partial charge in [0.05, 0.1) is 23.6 Å². The standard InChI is InChI=1S/C23H30ClN3O4S/c1-6-23(7-2,15-9-11-16(24)12-10-15)26-13-17(28)27-21-18(22(30)31-8-3)14(4)19(32-21)20(29)25-5/h9-12,26H,6-8,13H2,1-5H3,(H,25,29)(H,27,28). The zero-order valence-corrected chi connectivity index (χ0v) is 20.6. The van der Waals surface area contributed by atoms with Crippen LogP contribution >= 0.6 is 22.9 Å². The summed E-state index contributed by atoms with van der Waals surface area (Å²) in [7, 11) is 1.51. The van der Waals surface area contributed by atoms with Gasteiger partial charge in [0.15, 0.2) is 0 Å². The molecule has 0 bridgehead atoms. The molecule has 7 nitrogen and oxygen atoms in total. The Balaban J connectivity index is 2.25. The molecule has 9 heteroatoms. The summed E-state index contributed by atoms with van der Waals surface area (Å²) >= 11 is 7.08. The fraction of sp³-hybridized carbons (Fsp3) is 0.435. The van der Waals surface area contributed by atoms with E-state index in [9.17, 15) is 14.4 Å². The normalized spacial score (nSPS) is 11.2. The molecule has 0 saturated heterocycles. The van der Waals surface area contributed by atoms with Gasteiger partial charge in [-0.05, 0) is 49.9 Å². The highest BCUT2D eigenvalue weighted by Gasteiger charge is 2.30. The highest BCUT2D eigenvalue weighted by atomic mass is 35.5. The summed E-state index contributed by atoms with van der Waals surface area (Å²) in [5.41, 5.74) is 1.33. The van der Waals surface area contributed by atoms with Crippen molar-refractivity contribution in [2.24, 2.45) is 0 Å². The van der Waals surface area contributed by atoms with Crippen molar-refractivity contribution in [1.82, 2.24) is 10.6 Å². The highest BCUT2D eigenvalue weighted by Crippen LogP contribution is 2.34. The van der Waals surface area contributed by atoms with Crippen molar-refractivity contribution in [1.29, 1.82) is 0 Å². The third-order valence-corrected chi connectivity index (χ3v) is 6.96. The predicted octanol–water partition coefficient (Wildman–Crippen LogP) is 4.49. The molecule has 3 N–H and O–H groups in total. The van der Waals surface area contributed by atoms with Crippen LogP contribution in [0.4, 0.5) is 5.00 Å². The van der Waals surface area contributed by atoms with E-state index in [1.807, 2.05) is 24.3 Å². The summed E-state index contributed by atoms with van der Waals surface area (Å²) < 4.78 is 5.13. The van der Waals surface area contributed by atoms with Gasteiger partial charge in [-0.1, -0.05) is 37.6 Å². The molecule has 1 aromatic carbocycles. The minimum atomic E-state index is -0.572. The minimum absolute atomic E-state index is 0.0266. The van der Waals surface area contributed by atoms with Crippen LogP contribution in [-0.4, -0.2) is 38.0 Å². The fourth-order valence-electron chi connectivity index (χ4n) is 3.58. The smallest absolute Gasteiger partial charge is 0.341 e. The molecule has 0 spiro atoms. The fourth-order valence-corrected chi connectivity index (χ4v) is 4.86. The van der Waals surface area contributed by atoms with Crippen LogP contribution in [0.15, 0.2) is 24.3 Å². The zero-order valence-electron chi connectivity index (χ0n) is 19.1. The van der Waals surface area contributed by atoms with Gasteiger partial charge in [-0.2, -0.15) is 0 Å². The van der Waals surface area contributed by atoms with Gasteiger partial charge in [0.2, 0.25) is 5.91 Å². The number of carbonyl (C=O) groups excluding carboxylic acids is 3. The molecule has 0 saturated carbocycles. The molecule has 174 valence electrons. The molecule has 0 radical (unpaired) electrons. The minimum Gasteiger partial charge on any atom is -0.462 e. The maximum atomic E-state index is 12.8. The van der Waals surface area contributed by atoms with Crippen LogP contribution in [0.1, 0.15) is 64.8 Å². The number of esters is 1. The Bertz CT molecular complexity index is 968. The lowest BCUT2D eigenvalue weighted by atomic mass is 9.84. The highest BCUT2D eigenvalue weighted by molar-refractivity contribution is 7.18. The molecule has 0 unspecified atom stereocenters. The summed E-state index contributed by atoms with van der Waals surface area (Å²) in [4.78, 5) is 37.9. The van der Waals surface area contributed by atoms with Gasteiger partial charge in [0, 0.05) is 17.6 Å². The second kappa shape index (κ2) is 11.4. The summed E-state index contributed by atoms with van der Waals surface area (Å²) in [6.45, 7) is 7.70. The molecule has 0 aliphatic carbocycles. The first-order valence-corrected chi connectivity index (χ1v) is 11.8. The largest absolute Gasteiger partial charge is 0.462 e. The number of carbonyl (C=O) groups is 3. The number of hydrogen-bond acceptors (Lipinski definition) is 6. The maximum Gasteiger partial charge on any atom is 0.341 e. The first-order chi connectivity index (χ1) is 15.2. The lowest BCUT2D eigenvalue weighted by Gasteiger charge is -2.33. The number of benzene rings is 1. The van der Waals surface area contributed by atoms with Crippen LogP contribution in [0.3, 0.4) is 0 Å². The number of anilines is 1. The number of hydrogen-bond donors (Lipinski definition) is 3. The molecule has 0 aliphatic heterocycles. The van der Waals surface area contributed by atoms with Crippen LogP contribution < -0.4 is 16.0 Å². The molecule has 32 heavy (non-hydrogen) atoms.